The van der Waals surface area contributed by atoms with E-state index in [2.05, 4.69) is 16.0 Å². The second-order valence-electron chi connectivity index (χ2n) is 8.41. The molecular formula is C22H28N4O5. The summed E-state index contributed by atoms with van der Waals surface area (Å²) in [7, 11) is 1.69. The zero-order valence-corrected chi connectivity index (χ0v) is 17.7. The molecule has 4 amide bonds. The molecule has 3 aliphatic rings. The average molecular weight is 428 g/mol. The van der Waals surface area contributed by atoms with Gasteiger partial charge in [-0.3, -0.25) is 29.4 Å². The highest BCUT2D eigenvalue weighted by Gasteiger charge is 2.45. The zero-order valence-electron chi connectivity index (χ0n) is 17.7. The van der Waals surface area contributed by atoms with Crippen LogP contribution in [0.1, 0.15) is 58.4 Å². The van der Waals surface area contributed by atoms with E-state index < -0.39 is 23.8 Å². The molecule has 2 fully saturated rings. The highest BCUT2D eigenvalue weighted by Crippen LogP contribution is 2.31. The van der Waals surface area contributed by atoms with E-state index in [0.29, 0.717) is 24.3 Å². The van der Waals surface area contributed by atoms with Crippen LogP contribution in [0, 0.1) is 0 Å². The van der Waals surface area contributed by atoms with Gasteiger partial charge in [0.1, 0.15) is 6.04 Å². The van der Waals surface area contributed by atoms with Crippen molar-refractivity contribution >= 4 is 23.6 Å². The number of imide groups is 2. The Bertz CT molecular complexity index is 909. The molecule has 0 aliphatic carbocycles. The number of hydrogen-bond donors (Lipinski definition) is 3. The molecule has 31 heavy (non-hydrogen) atoms. The molecule has 0 radical (unpaired) electrons. The van der Waals surface area contributed by atoms with Gasteiger partial charge in [-0.2, -0.15) is 0 Å². The highest BCUT2D eigenvalue weighted by molar-refractivity contribution is 6.24. The maximum Gasteiger partial charge on any atom is 0.262 e. The molecule has 3 aliphatic heterocycles. The number of benzene rings is 1. The quantitative estimate of drug-likeness (QED) is 0.536. The molecule has 0 aromatic heterocycles. The molecule has 1 aromatic carbocycles. The molecule has 1 atom stereocenters. The van der Waals surface area contributed by atoms with Crippen molar-refractivity contribution < 1.29 is 23.9 Å². The van der Waals surface area contributed by atoms with Gasteiger partial charge in [-0.15, -0.1) is 0 Å². The number of rotatable bonds is 7. The Hall–Kier alpha value is -2.62. The Labute approximate surface area is 180 Å². The molecular weight excluding hydrogens is 400 g/mol. The number of ether oxygens (including phenoxy) is 1. The van der Waals surface area contributed by atoms with Gasteiger partial charge < -0.3 is 15.4 Å². The third-order valence-electron chi connectivity index (χ3n) is 6.55. The lowest BCUT2D eigenvalue weighted by atomic mass is 9.85. The van der Waals surface area contributed by atoms with E-state index >= 15 is 0 Å². The molecule has 0 saturated carbocycles. The minimum atomic E-state index is -0.955. The Kier molecular flexibility index (Phi) is 6.17. The summed E-state index contributed by atoms with van der Waals surface area (Å²) in [5, 5.41) is 9.23. The Morgan fingerprint density at radius 2 is 1.94 bits per heavy atom. The normalized spacial score (nSPS) is 23.1. The van der Waals surface area contributed by atoms with Crippen molar-refractivity contribution in [3.8, 4) is 0 Å². The van der Waals surface area contributed by atoms with Crippen LogP contribution >= 0.6 is 0 Å². The Morgan fingerprint density at radius 3 is 2.65 bits per heavy atom. The van der Waals surface area contributed by atoms with Gasteiger partial charge in [-0.05, 0) is 50.4 Å². The van der Waals surface area contributed by atoms with Crippen molar-refractivity contribution in [2.45, 2.75) is 50.2 Å². The van der Waals surface area contributed by atoms with Gasteiger partial charge in [0.2, 0.25) is 11.8 Å². The van der Waals surface area contributed by atoms with Crippen LogP contribution < -0.4 is 16.0 Å². The summed E-state index contributed by atoms with van der Waals surface area (Å²) in [6.07, 6.45) is 3.00. The molecule has 0 bridgehead atoms. The molecule has 3 heterocycles. The minimum Gasteiger partial charge on any atom is -0.385 e. The first-order chi connectivity index (χ1) is 15.0. The van der Waals surface area contributed by atoms with Gasteiger partial charge in [-0.1, -0.05) is 12.1 Å². The SMILES string of the molecule is COCCC1(NCc2cccc3c2C(=O)N(C2CCC(=O)NC2=O)C3=O)CCNCC1. The van der Waals surface area contributed by atoms with Crippen LogP contribution in [-0.2, 0) is 20.9 Å². The van der Waals surface area contributed by atoms with Crippen LogP contribution in [0.5, 0.6) is 0 Å². The summed E-state index contributed by atoms with van der Waals surface area (Å²) in [5.74, 6) is -1.93. The van der Waals surface area contributed by atoms with Gasteiger partial charge in [0.05, 0.1) is 11.1 Å². The monoisotopic (exact) mass is 428 g/mol. The topological polar surface area (TPSA) is 117 Å². The maximum atomic E-state index is 13.2. The van der Waals surface area contributed by atoms with Crippen LogP contribution in [0.3, 0.4) is 0 Å². The number of fused-ring (bicyclic) bond motifs is 1. The number of hydrogen-bond acceptors (Lipinski definition) is 7. The van der Waals surface area contributed by atoms with Crippen LogP contribution in [0.15, 0.2) is 18.2 Å². The van der Waals surface area contributed by atoms with Gasteiger partial charge in [0, 0.05) is 32.2 Å². The van der Waals surface area contributed by atoms with Gasteiger partial charge in [-0.25, -0.2) is 0 Å². The van der Waals surface area contributed by atoms with Gasteiger partial charge in [0.15, 0.2) is 0 Å². The number of methoxy groups -OCH3 is 1. The summed E-state index contributed by atoms with van der Waals surface area (Å²) in [6.45, 7) is 2.89. The number of piperidine rings is 2. The van der Waals surface area contributed by atoms with Gasteiger partial charge >= 0.3 is 0 Å². The predicted molar refractivity (Wildman–Crippen MR) is 111 cm³/mol. The molecule has 2 saturated heterocycles. The standard InChI is InChI=1S/C22H28N4O5/c1-31-12-9-22(7-10-23-11-8-22)24-13-14-3-2-4-15-18(14)21(30)26(20(15)29)16-5-6-17(27)25-19(16)28/h2-4,16,23-24H,5-13H2,1H3,(H,25,27,28). The van der Waals surface area contributed by atoms with Crippen molar-refractivity contribution in [1.29, 1.82) is 0 Å². The first-order valence-electron chi connectivity index (χ1n) is 10.7. The molecule has 3 N–H and O–H groups in total. The molecule has 1 aromatic rings. The number of carbonyl (C=O) groups is 4. The summed E-state index contributed by atoms with van der Waals surface area (Å²) in [6, 6.07) is 4.27. The Balaban J connectivity index is 1.56. The lowest BCUT2D eigenvalue weighted by Crippen LogP contribution is -2.54. The van der Waals surface area contributed by atoms with E-state index in [0.717, 1.165) is 42.8 Å². The number of nitrogens with one attached hydrogen (secondary N) is 3. The number of amides is 4. The fourth-order valence-corrected chi connectivity index (χ4v) is 4.73. The first-order valence-corrected chi connectivity index (χ1v) is 10.7. The van der Waals surface area contributed by atoms with E-state index in [1.807, 2.05) is 6.07 Å². The summed E-state index contributed by atoms with van der Waals surface area (Å²) in [5.41, 5.74) is 1.30. The third kappa shape index (κ3) is 4.13. The van der Waals surface area contributed by atoms with Crippen LogP contribution in [0.4, 0.5) is 0 Å². The minimum absolute atomic E-state index is 0.0983. The smallest absolute Gasteiger partial charge is 0.262 e. The van der Waals surface area contributed by atoms with Crippen molar-refractivity contribution in [3.63, 3.8) is 0 Å². The van der Waals surface area contributed by atoms with Gasteiger partial charge in [0.25, 0.3) is 11.8 Å². The molecule has 166 valence electrons. The van der Waals surface area contributed by atoms with Crippen LogP contribution in [-0.4, -0.2) is 66.9 Å². The van der Waals surface area contributed by atoms with E-state index in [1.165, 1.54) is 0 Å². The summed E-state index contributed by atoms with van der Waals surface area (Å²) >= 11 is 0. The third-order valence-corrected chi connectivity index (χ3v) is 6.55. The lowest BCUT2D eigenvalue weighted by molar-refractivity contribution is -0.136. The first kappa shape index (κ1) is 21.6. The number of nitrogens with zero attached hydrogens (tertiary/aromatic N) is 1. The van der Waals surface area contributed by atoms with Crippen LogP contribution in [0.2, 0.25) is 0 Å². The average Bonchev–Trinajstić information content (AvgIpc) is 3.03. The fraction of sp³-hybridized carbons (Fsp3) is 0.545. The van der Waals surface area contributed by atoms with Crippen molar-refractivity contribution in [3.05, 3.63) is 34.9 Å². The molecule has 9 heteroatoms. The van der Waals surface area contributed by atoms with Crippen LogP contribution in [0.25, 0.3) is 0 Å². The second kappa shape index (κ2) is 8.86. The molecule has 9 nitrogen and oxygen atoms in total. The Morgan fingerprint density at radius 1 is 1.16 bits per heavy atom. The van der Waals surface area contributed by atoms with Crippen molar-refractivity contribution in [2.24, 2.45) is 0 Å². The number of carbonyl (C=O) groups excluding carboxylic acids is 4. The maximum absolute atomic E-state index is 13.2. The zero-order chi connectivity index (χ0) is 22.0. The van der Waals surface area contributed by atoms with E-state index in [-0.39, 0.29) is 24.3 Å². The van der Waals surface area contributed by atoms with Crippen molar-refractivity contribution in [1.82, 2.24) is 20.9 Å². The van der Waals surface area contributed by atoms with E-state index in [9.17, 15) is 19.2 Å². The highest BCUT2D eigenvalue weighted by atomic mass is 16.5. The molecule has 1 unspecified atom stereocenters. The van der Waals surface area contributed by atoms with Crippen molar-refractivity contribution in [2.75, 3.05) is 26.8 Å². The van der Waals surface area contributed by atoms with E-state index in [4.69, 9.17) is 4.74 Å². The lowest BCUT2D eigenvalue weighted by Gasteiger charge is -2.39. The summed E-state index contributed by atoms with van der Waals surface area (Å²) < 4.78 is 5.30. The van der Waals surface area contributed by atoms with E-state index in [1.54, 1.807) is 19.2 Å². The largest absolute Gasteiger partial charge is 0.385 e. The second-order valence-corrected chi connectivity index (χ2v) is 8.41. The molecule has 0 spiro atoms. The molecule has 4 rings (SSSR count). The summed E-state index contributed by atoms with van der Waals surface area (Å²) in [4.78, 5) is 51.0. The fourth-order valence-electron chi connectivity index (χ4n) is 4.73. The predicted octanol–water partition coefficient (Wildman–Crippen LogP) is 0.336.